The second-order valence-corrected chi connectivity index (χ2v) is 5.82. The first-order valence-electron chi connectivity index (χ1n) is 4.60. The lowest BCUT2D eigenvalue weighted by Gasteiger charge is -2.31. The molecule has 1 aliphatic rings. The Morgan fingerprint density at radius 1 is 1.77 bits per heavy atom. The van der Waals surface area contributed by atoms with Crippen molar-refractivity contribution in [3.05, 3.63) is 0 Å². The van der Waals surface area contributed by atoms with E-state index in [9.17, 15) is 4.79 Å². The summed E-state index contributed by atoms with van der Waals surface area (Å²) in [7, 11) is 0. The molecule has 0 radical (unpaired) electrons. The standard InChI is InChI=1S/C9H16BrNOS/c1-7(13-2)6-11-5-3-4-8(10)9(11)12/h7-8H,3-6H2,1-2H3. The maximum atomic E-state index is 11.6. The number of hydrogen-bond donors (Lipinski definition) is 0. The number of rotatable bonds is 3. The lowest BCUT2D eigenvalue weighted by Crippen LogP contribution is -2.44. The fourth-order valence-corrected chi connectivity index (χ4v) is 2.40. The number of amides is 1. The van der Waals surface area contributed by atoms with E-state index in [-0.39, 0.29) is 10.7 Å². The maximum Gasteiger partial charge on any atom is 0.236 e. The highest BCUT2D eigenvalue weighted by molar-refractivity contribution is 9.10. The largest absolute Gasteiger partial charge is 0.341 e. The molecule has 2 unspecified atom stereocenters. The average molecular weight is 266 g/mol. The van der Waals surface area contributed by atoms with E-state index in [0.29, 0.717) is 5.25 Å². The minimum atomic E-state index is 0.0651. The molecule has 1 aliphatic heterocycles. The Bertz CT molecular complexity index is 188. The highest BCUT2D eigenvalue weighted by atomic mass is 79.9. The summed E-state index contributed by atoms with van der Waals surface area (Å²) in [6, 6.07) is 0. The van der Waals surface area contributed by atoms with Crippen LogP contribution in [-0.2, 0) is 4.79 Å². The Labute approximate surface area is 92.6 Å². The van der Waals surface area contributed by atoms with Crippen LogP contribution in [0.1, 0.15) is 19.8 Å². The molecule has 0 bridgehead atoms. The minimum Gasteiger partial charge on any atom is -0.341 e. The van der Waals surface area contributed by atoms with Crippen LogP contribution < -0.4 is 0 Å². The second-order valence-electron chi connectivity index (χ2n) is 3.44. The smallest absolute Gasteiger partial charge is 0.236 e. The van der Waals surface area contributed by atoms with Crippen molar-refractivity contribution in [3.8, 4) is 0 Å². The van der Waals surface area contributed by atoms with Crippen molar-refractivity contribution < 1.29 is 4.79 Å². The van der Waals surface area contributed by atoms with Crippen molar-refractivity contribution in [1.29, 1.82) is 0 Å². The van der Waals surface area contributed by atoms with Crippen LogP contribution in [-0.4, -0.2) is 40.2 Å². The van der Waals surface area contributed by atoms with Crippen LogP contribution in [0, 0.1) is 0 Å². The Kier molecular flexibility index (Phi) is 4.59. The second kappa shape index (κ2) is 5.25. The van der Waals surface area contributed by atoms with E-state index in [2.05, 4.69) is 29.1 Å². The zero-order valence-corrected chi connectivity index (χ0v) is 10.5. The van der Waals surface area contributed by atoms with Gasteiger partial charge in [0.25, 0.3) is 0 Å². The Morgan fingerprint density at radius 2 is 2.46 bits per heavy atom. The van der Waals surface area contributed by atoms with Crippen molar-refractivity contribution in [2.45, 2.75) is 29.8 Å². The molecule has 13 heavy (non-hydrogen) atoms. The highest BCUT2D eigenvalue weighted by Crippen LogP contribution is 2.20. The zero-order chi connectivity index (χ0) is 9.84. The molecule has 1 saturated heterocycles. The summed E-state index contributed by atoms with van der Waals surface area (Å²) in [5.74, 6) is 0.271. The fraction of sp³-hybridized carbons (Fsp3) is 0.889. The molecule has 1 amide bonds. The molecule has 0 N–H and O–H groups in total. The average Bonchev–Trinajstić information content (AvgIpc) is 2.13. The van der Waals surface area contributed by atoms with Gasteiger partial charge in [-0.3, -0.25) is 4.79 Å². The minimum absolute atomic E-state index is 0.0651. The number of carbonyl (C=O) groups excluding carboxylic acids is 1. The third-order valence-electron chi connectivity index (χ3n) is 2.35. The summed E-state index contributed by atoms with van der Waals surface area (Å²) in [4.78, 5) is 13.7. The number of likely N-dealkylation sites (tertiary alicyclic amines) is 1. The van der Waals surface area contributed by atoms with Gasteiger partial charge in [0.1, 0.15) is 0 Å². The Morgan fingerprint density at radius 3 is 3.08 bits per heavy atom. The molecule has 0 aromatic carbocycles. The van der Waals surface area contributed by atoms with Crippen LogP contribution >= 0.6 is 27.7 Å². The lowest BCUT2D eigenvalue weighted by molar-refractivity contribution is -0.132. The lowest BCUT2D eigenvalue weighted by atomic mass is 10.1. The quantitative estimate of drug-likeness (QED) is 0.729. The van der Waals surface area contributed by atoms with E-state index in [1.165, 1.54) is 0 Å². The third kappa shape index (κ3) is 3.17. The van der Waals surface area contributed by atoms with E-state index in [4.69, 9.17) is 0 Å². The molecular formula is C9H16BrNOS. The molecule has 1 fully saturated rings. The van der Waals surface area contributed by atoms with E-state index in [0.717, 1.165) is 25.9 Å². The zero-order valence-electron chi connectivity index (χ0n) is 8.12. The number of halogens is 1. The van der Waals surface area contributed by atoms with Gasteiger partial charge in [-0.1, -0.05) is 22.9 Å². The monoisotopic (exact) mass is 265 g/mol. The van der Waals surface area contributed by atoms with Gasteiger partial charge in [-0.25, -0.2) is 0 Å². The van der Waals surface area contributed by atoms with Crippen molar-refractivity contribution in [1.82, 2.24) is 4.90 Å². The first-order chi connectivity index (χ1) is 6.15. The molecule has 76 valence electrons. The molecular weight excluding hydrogens is 250 g/mol. The maximum absolute atomic E-state index is 11.6. The van der Waals surface area contributed by atoms with Crippen molar-refractivity contribution in [2.24, 2.45) is 0 Å². The fourth-order valence-electron chi connectivity index (χ4n) is 1.46. The normalized spacial score (nSPS) is 26.2. The molecule has 0 aromatic heterocycles. The van der Waals surface area contributed by atoms with Gasteiger partial charge in [0.2, 0.25) is 5.91 Å². The molecule has 0 aliphatic carbocycles. The first-order valence-corrected chi connectivity index (χ1v) is 6.81. The number of hydrogen-bond acceptors (Lipinski definition) is 2. The summed E-state index contributed by atoms with van der Waals surface area (Å²) in [5.41, 5.74) is 0. The predicted molar refractivity (Wildman–Crippen MR) is 61.5 cm³/mol. The summed E-state index contributed by atoms with van der Waals surface area (Å²) in [6.07, 6.45) is 4.20. The summed E-state index contributed by atoms with van der Waals surface area (Å²) >= 11 is 5.22. The number of thioether (sulfide) groups is 1. The molecule has 2 atom stereocenters. The Balaban J connectivity index is 2.44. The van der Waals surface area contributed by atoms with E-state index < -0.39 is 0 Å². The van der Waals surface area contributed by atoms with Crippen molar-refractivity contribution in [3.63, 3.8) is 0 Å². The van der Waals surface area contributed by atoms with Crippen LogP contribution in [0.2, 0.25) is 0 Å². The summed E-state index contributed by atoms with van der Waals surface area (Å²) < 4.78 is 0. The van der Waals surface area contributed by atoms with Crippen LogP contribution in [0.15, 0.2) is 0 Å². The molecule has 4 heteroatoms. The molecule has 1 rings (SSSR count). The van der Waals surface area contributed by atoms with Crippen LogP contribution in [0.5, 0.6) is 0 Å². The number of carbonyl (C=O) groups is 1. The molecule has 0 saturated carbocycles. The molecule has 2 nitrogen and oxygen atoms in total. The summed E-state index contributed by atoms with van der Waals surface area (Å²) in [6.45, 7) is 3.99. The third-order valence-corrected chi connectivity index (χ3v) is 4.15. The van der Waals surface area contributed by atoms with Gasteiger partial charge in [-0.05, 0) is 19.1 Å². The van der Waals surface area contributed by atoms with Crippen molar-refractivity contribution >= 4 is 33.6 Å². The van der Waals surface area contributed by atoms with Gasteiger partial charge >= 0.3 is 0 Å². The van der Waals surface area contributed by atoms with Gasteiger partial charge in [0.05, 0.1) is 4.83 Å². The Hall–Kier alpha value is 0.300. The van der Waals surface area contributed by atoms with Crippen molar-refractivity contribution in [2.75, 3.05) is 19.3 Å². The highest BCUT2D eigenvalue weighted by Gasteiger charge is 2.26. The van der Waals surface area contributed by atoms with Gasteiger partial charge in [0.15, 0.2) is 0 Å². The number of piperidine rings is 1. The topological polar surface area (TPSA) is 20.3 Å². The van der Waals surface area contributed by atoms with Gasteiger partial charge in [-0.2, -0.15) is 11.8 Å². The predicted octanol–water partition coefficient (Wildman–Crippen LogP) is 2.12. The molecule has 0 spiro atoms. The van der Waals surface area contributed by atoms with E-state index in [1.807, 2.05) is 16.7 Å². The SMILES string of the molecule is CSC(C)CN1CCCC(Br)C1=O. The number of alkyl halides is 1. The first kappa shape index (κ1) is 11.4. The van der Waals surface area contributed by atoms with E-state index >= 15 is 0 Å². The van der Waals surface area contributed by atoms with E-state index in [1.54, 1.807) is 0 Å². The molecule has 1 heterocycles. The van der Waals surface area contributed by atoms with Crippen LogP contribution in [0.3, 0.4) is 0 Å². The number of nitrogens with zero attached hydrogens (tertiary/aromatic N) is 1. The van der Waals surface area contributed by atoms with Gasteiger partial charge in [0, 0.05) is 18.3 Å². The van der Waals surface area contributed by atoms with Crippen LogP contribution in [0.4, 0.5) is 0 Å². The molecule has 0 aromatic rings. The summed E-state index contributed by atoms with van der Waals surface area (Å²) in [5, 5.41) is 0.543. The van der Waals surface area contributed by atoms with Gasteiger partial charge in [-0.15, -0.1) is 0 Å². The van der Waals surface area contributed by atoms with Gasteiger partial charge < -0.3 is 4.90 Å². The van der Waals surface area contributed by atoms with Crippen LogP contribution in [0.25, 0.3) is 0 Å².